The van der Waals surface area contributed by atoms with Gasteiger partial charge in [-0.2, -0.15) is 0 Å². The summed E-state index contributed by atoms with van der Waals surface area (Å²) in [6, 6.07) is 30.6. The molecular weight excluding hydrogens is 282 g/mol. The molecule has 1 heterocycles. The van der Waals surface area contributed by atoms with Crippen molar-refractivity contribution >= 4 is 5.69 Å². The molecule has 0 spiro atoms. The highest BCUT2D eigenvalue weighted by molar-refractivity contribution is 5.62. The monoisotopic (exact) mass is 301 g/mol. The van der Waals surface area contributed by atoms with Crippen LogP contribution in [0.25, 0.3) is 0 Å². The van der Waals surface area contributed by atoms with Crippen molar-refractivity contribution in [1.29, 1.82) is 0 Å². The van der Waals surface area contributed by atoms with Crippen molar-refractivity contribution in [3.8, 4) is 5.75 Å². The van der Waals surface area contributed by atoms with Crippen molar-refractivity contribution in [3.05, 3.63) is 96.1 Å². The van der Waals surface area contributed by atoms with Crippen LogP contribution in [0.4, 0.5) is 5.69 Å². The third kappa shape index (κ3) is 2.57. The van der Waals surface area contributed by atoms with Gasteiger partial charge < -0.3 is 9.64 Å². The number of nitrogens with zero attached hydrogens (tertiary/aromatic N) is 1. The number of ether oxygens (including phenoxy) is 1. The van der Waals surface area contributed by atoms with Crippen LogP contribution in [-0.4, -0.2) is 7.11 Å². The largest absolute Gasteiger partial charge is 0.497 e. The Hall–Kier alpha value is -2.74. The van der Waals surface area contributed by atoms with Gasteiger partial charge >= 0.3 is 0 Å². The Kier molecular flexibility index (Phi) is 3.51. The topological polar surface area (TPSA) is 12.2 Å². The Morgan fingerprint density at radius 1 is 0.652 bits per heavy atom. The minimum Gasteiger partial charge on any atom is -0.497 e. The Morgan fingerprint density at radius 2 is 1.13 bits per heavy atom. The molecule has 0 bridgehead atoms. The molecule has 114 valence electrons. The summed E-state index contributed by atoms with van der Waals surface area (Å²) in [4.78, 5) is 2.46. The van der Waals surface area contributed by atoms with Gasteiger partial charge in [0.2, 0.25) is 0 Å². The quantitative estimate of drug-likeness (QED) is 0.629. The Morgan fingerprint density at radius 3 is 1.57 bits per heavy atom. The standard InChI is InChI=1S/C21H19NO/c1-23-19-14-12-18(13-15-19)22-20(16-8-4-2-5-9-16)21(22)17-10-6-3-7-11-17/h2-15,20-21H,1H3/t20-,21+,22?. The van der Waals surface area contributed by atoms with Crippen LogP contribution >= 0.6 is 0 Å². The summed E-state index contributed by atoms with van der Waals surface area (Å²) in [6.07, 6.45) is 0. The van der Waals surface area contributed by atoms with E-state index in [9.17, 15) is 0 Å². The zero-order valence-electron chi connectivity index (χ0n) is 13.1. The van der Waals surface area contributed by atoms with Gasteiger partial charge in [0, 0.05) is 5.69 Å². The van der Waals surface area contributed by atoms with E-state index < -0.39 is 0 Å². The summed E-state index contributed by atoms with van der Waals surface area (Å²) in [5, 5.41) is 0. The van der Waals surface area contributed by atoms with Crippen LogP contribution in [0.15, 0.2) is 84.9 Å². The van der Waals surface area contributed by atoms with Crippen molar-refractivity contribution < 1.29 is 4.74 Å². The van der Waals surface area contributed by atoms with Gasteiger partial charge in [-0.25, -0.2) is 0 Å². The van der Waals surface area contributed by atoms with Gasteiger partial charge in [-0.05, 0) is 35.4 Å². The zero-order chi connectivity index (χ0) is 15.6. The van der Waals surface area contributed by atoms with E-state index in [4.69, 9.17) is 4.74 Å². The molecule has 0 saturated carbocycles. The smallest absolute Gasteiger partial charge is 0.119 e. The second kappa shape index (κ2) is 5.81. The maximum atomic E-state index is 5.27. The lowest BCUT2D eigenvalue weighted by Crippen LogP contribution is -1.95. The summed E-state index contributed by atoms with van der Waals surface area (Å²) in [7, 11) is 1.70. The summed E-state index contributed by atoms with van der Waals surface area (Å²) in [5.41, 5.74) is 3.95. The van der Waals surface area contributed by atoms with E-state index in [1.807, 2.05) is 12.1 Å². The highest BCUT2D eigenvalue weighted by Crippen LogP contribution is 2.56. The molecule has 0 amide bonds. The number of hydrogen-bond donors (Lipinski definition) is 0. The summed E-state index contributed by atoms with van der Waals surface area (Å²) < 4.78 is 5.27. The van der Waals surface area contributed by atoms with E-state index in [0.29, 0.717) is 12.1 Å². The van der Waals surface area contributed by atoms with Crippen molar-refractivity contribution in [2.75, 3.05) is 12.0 Å². The molecule has 1 saturated heterocycles. The minimum atomic E-state index is 0.395. The lowest BCUT2D eigenvalue weighted by atomic mass is 10.0. The molecule has 2 atom stereocenters. The predicted molar refractivity (Wildman–Crippen MR) is 93.8 cm³/mol. The van der Waals surface area contributed by atoms with Crippen molar-refractivity contribution in [2.24, 2.45) is 0 Å². The molecule has 4 rings (SSSR count). The number of anilines is 1. The van der Waals surface area contributed by atoms with Crippen LogP contribution in [0.3, 0.4) is 0 Å². The Labute approximate surface area is 137 Å². The number of rotatable bonds is 4. The SMILES string of the molecule is COc1ccc(N2[C@H](c3ccccc3)[C@@H]2c2ccccc2)cc1. The normalized spacial score (nSPS) is 19.4. The number of benzene rings is 3. The van der Waals surface area contributed by atoms with E-state index in [0.717, 1.165) is 5.75 Å². The van der Waals surface area contributed by atoms with Crippen molar-refractivity contribution in [2.45, 2.75) is 12.1 Å². The molecule has 0 aromatic heterocycles. The molecular formula is C21H19NO. The van der Waals surface area contributed by atoms with E-state index in [-0.39, 0.29) is 0 Å². The number of hydrogen-bond acceptors (Lipinski definition) is 2. The van der Waals surface area contributed by atoms with Gasteiger partial charge in [-0.15, -0.1) is 0 Å². The zero-order valence-corrected chi connectivity index (χ0v) is 13.1. The van der Waals surface area contributed by atoms with Crippen molar-refractivity contribution in [1.82, 2.24) is 0 Å². The molecule has 1 aliphatic heterocycles. The van der Waals surface area contributed by atoms with Crippen LogP contribution < -0.4 is 9.64 Å². The molecule has 23 heavy (non-hydrogen) atoms. The van der Waals surface area contributed by atoms with Crippen LogP contribution in [0, 0.1) is 0 Å². The van der Waals surface area contributed by atoms with Gasteiger partial charge in [0.05, 0.1) is 19.2 Å². The molecule has 2 heteroatoms. The predicted octanol–water partition coefficient (Wildman–Crippen LogP) is 5.00. The highest BCUT2D eigenvalue weighted by atomic mass is 16.5. The van der Waals surface area contributed by atoms with Crippen LogP contribution in [0.2, 0.25) is 0 Å². The van der Waals surface area contributed by atoms with Gasteiger partial charge in [0.15, 0.2) is 0 Å². The van der Waals surface area contributed by atoms with Crippen LogP contribution in [-0.2, 0) is 0 Å². The maximum absolute atomic E-state index is 5.27. The lowest BCUT2D eigenvalue weighted by molar-refractivity contribution is 0.415. The maximum Gasteiger partial charge on any atom is 0.119 e. The molecule has 2 nitrogen and oxygen atoms in total. The third-order valence-corrected chi connectivity index (χ3v) is 4.46. The first-order chi connectivity index (χ1) is 11.4. The van der Waals surface area contributed by atoms with E-state index in [1.165, 1.54) is 16.8 Å². The molecule has 0 aliphatic carbocycles. The average molecular weight is 301 g/mol. The molecule has 0 unspecified atom stereocenters. The fraction of sp³-hybridized carbons (Fsp3) is 0.143. The number of methoxy groups -OCH3 is 1. The fourth-order valence-corrected chi connectivity index (χ4v) is 3.29. The minimum absolute atomic E-state index is 0.395. The van der Waals surface area contributed by atoms with E-state index in [2.05, 4.69) is 77.7 Å². The molecule has 3 aromatic carbocycles. The molecule has 0 radical (unpaired) electrons. The second-order valence-electron chi connectivity index (χ2n) is 5.82. The van der Waals surface area contributed by atoms with Gasteiger partial charge in [-0.3, -0.25) is 0 Å². The first kappa shape index (κ1) is 13.9. The van der Waals surface area contributed by atoms with Crippen LogP contribution in [0.5, 0.6) is 5.75 Å². The summed E-state index contributed by atoms with van der Waals surface area (Å²) >= 11 is 0. The second-order valence-corrected chi connectivity index (χ2v) is 5.82. The summed E-state index contributed by atoms with van der Waals surface area (Å²) in [6.45, 7) is 0. The molecule has 1 aliphatic rings. The van der Waals surface area contributed by atoms with Gasteiger partial charge in [0.1, 0.15) is 5.75 Å². The summed E-state index contributed by atoms with van der Waals surface area (Å²) in [5.74, 6) is 0.892. The van der Waals surface area contributed by atoms with E-state index in [1.54, 1.807) is 7.11 Å². The first-order valence-electron chi connectivity index (χ1n) is 7.91. The average Bonchev–Trinajstić information content (AvgIpc) is 3.39. The first-order valence-corrected chi connectivity index (χ1v) is 7.91. The lowest BCUT2D eigenvalue weighted by Gasteiger charge is -2.08. The van der Waals surface area contributed by atoms with Crippen molar-refractivity contribution in [3.63, 3.8) is 0 Å². The molecule has 3 aromatic rings. The third-order valence-electron chi connectivity index (χ3n) is 4.46. The Balaban J connectivity index is 1.70. The van der Waals surface area contributed by atoms with Crippen LogP contribution in [0.1, 0.15) is 23.2 Å². The molecule has 0 N–H and O–H groups in total. The highest BCUT2D eigenvalue weighted by Gasteiger charge is 2.49. The molecule has 1 fully saturated rings. The fourth-order valence-electron chi connectivity index (χ4n) is 3.29. The van der Waals surface area contributed by atoms with Gasteiger partial charge in [-0.1, -0.05) is 60.7 Å². The van der Waals surface area contributed by atoms with Gasteiger partial charge in [0.25, 0.3) is 0 Å². The van der Waals surface area contributed by atoms with E-state index >= 15 is 0 Å². The Bertz CT molecular complexity index is 722.